The van der Waals surface area contributed by atoms with E-state index in [1.165, 1.54) is 0 Å². The van der Waals surface area contributed by atoms with E-state index in [-0.39, 0.29) is 0 Å². The molecule has 0 spiro atoms. The molecule has 1 aromatic carbocycles. The van der Waals surface area contributed by atoms with E-state index in [1.807, 2.05) is 13.0 Å². The van der Waals surface area contributed by atoms with Gasteiger partial charge in [0.25, 0.3) is 0 Å². The molecular formula is C10H13BrN2O. The quantitative estimate of drug-likeness (QED) is 0.646. The highest BCUT2D eigenvalue weighted by atomic mass is 79.9. The summed E-state index contributed by atoms with van der Waals surface area (Å²) in [6.07, 6.45) is 0.636. The minimum atomic E-state index is 0.487. The van der Waals surface area contributed by atoms with E-state index in [4.69, 9.17) is 15.9 Å². The Bertz CT molecular complexity index is 363. The number of methoxy groups -OCH3 is 1. The first-order chi connectivity index (χ1) is 6.61. The van der Waals surface area contributed by atoms with Crippen LogP contribution in [0.4, 0.5) is 5.69 Å². The zero-order chi connectivity index (χ0) is 10.7. The zero-order valence-electron chi connectivity index (χ0n) is 8.23. The predicted molar refractivity (Wildman–Crippen MR) is 62.2 cm³/mol. The number of hydrogen-bond donors (Lipinski definition) is 2. The Kier molecular flexibility index (Phi) is 3.52. The van der Waals surface area contributed by atoms with Gasteiger partial charge in [0.15, 0.2) is 0 Å². The van der Waals surface area contributed by atoms with Crippen LogP contribution in [-0.2, 0) is 0 Å². The Morgan fingerprint density at radius 3 is 2.71 bits per heavy atom. The van der Waals surface area contributed by atoms with Gasteiger partial charge in [0.1, 0.15) is 5.75 Å². The SMILES string of the molecule is CCC(=N)c1c(N)ccc(Br)c1OC. The lowest BCUT2D eigenvalue weighted by Crippen LogP contribution is -2.05. The van der Waals surface area contributed by atoms with Crippen molar-refractivity contribution in [3.8, 4) is 5.75 Å². The van der Waals surface area contributed by atoms with Crippen molar-refractivity contribution >= 4 is 27.3 Å². The van der Waals surface area contributed by atoms with Crippen molar-refractivity contribution in [3.63, 3.8) is 0 Å². The highest BCUT2D eigenvalue weighted by molar-refractivity contribution is 9.10. The van der Waals surface area contributed by atoms with Gasteiger partial charge in [0, 0.05) is 11.4 Å². The summed E-state index contributed by atoms with van der Waals surface area (Å²) in [5, 5.41) is 7.78. The van der Waals surface area contributed by atoms with E-state index in [0.717, 1.165) is 4.47 Å². The number of nitrogen functional groups attached to an aromatic ring is 1. The van der Waals surface area contributed by atoms with Gasteiger partial charge < -0.3 is 15.9 Å². The molecule has 0 bridgehead atoms. The van der Waals surface area contributed by atoms with Crippen molar-refractivity contribution < 1.29 is 4.74 Å². The topological polar surface area (TPSA) is 59.1 Å². The summed E-state index contributed by atoms with van der Waals surface area (Å²) in [7, 11) is 1.58. The van der Waals surface area contributed by atoms with Crippen LogP contribution in [0.5, 0.6) is 5.75 Å². The molecule has 0 aliphatic carbocycles. The third-order valence-electron chi connectivity index (χ3n) is 2.00. The van der Waals surface area contributed by atoms with Gasteiger partial charge in [-0.1, -0.05) is 6.92 Å². The molecule has 14 heavy (non-hydrogen) atoms. The summed E-state index contributed by atoms with van der Waals surface area (Å²) in [5.41, 5.74) is 7.55. The van der Waals surface area contributed by atoms with Crippen LogP contribution in [0.2, 0.25) is 0 Å². The second-order valence-electron chi connectivity index (χ2n) is 2.88. The summed E-state index contributed by atoms with van der Waals surface area (Å²) in [6, 6.07) is 3.59. The predicted octanol–water partition coefficient (Wildman–Crippen LogP) is 2.82. The molecule has 76 valence electrons. The number of rotatable bonds is 3. The molecule has 0 radical (unpaired) electrons. The second kappa shape index (κ2) is 4.46. The second-order valence-corrected chi connectivity index (χ2v) is 3.73. The standard InChI is InChI=1S/C10H13BrN2O/c1-3-7(12)9-8(13)5-4-6(11)10(9)14-2/h4-5,12H,3,13H2,1-2H3. The van der Waals surface area contributed by atoms with E-state index >= 15 is 0 Å². The molecule has 0 saturated carbocycles. The highest BCUT2D eigenvalue weighted by Crippen LogP contribution is 2.33. The normalized spacial score (nSPS) is 9.93. The number of benzene rings is 1. The largest absolute Gasteiger partial charge is 0.495 e. The number of hydrogen-bond acceptors (Lipinski definition) is 3. The molecule has 1 rings (SSSR count). The van der Waals surface area contributed by atoms with E-state index < -0.39 is 0 Å². The van der Waals surface area contributed by atoms with Gasteiger partial charge in [-0.15, -0.1) is 0 Å². The fourth-order valence-corrected chi connectivity index (χ4v) is 1.75. The van der Waals surface area contributed by atoms with Crippen LogP contribution < -0.4 is 10.5 Å². The van der Waals surface area contributed by atoms with Crippen LogP contribution >= 0.6 is 15.9 Å². The van der Waals surface area contributed by atoms with Gasteiger partial charge in [0.2, 0.25) is 0 Å². The maximum Gasteiger partial charge on any atom is 0.144 e. The van der Waals surface area contributed by atoms with Crippen LogP contribution in [-0.4, -0.2) is 12.8 Å². The van der Waals surface area contributed by atoms with Gasteiger partial charge in [-0.3, -0.25) is 0 Å². The number of nitrogens with two attached hydrogens (primary N) is 1. The summed E-state index contributed by atoms with van der Waals surface area (Å²) in [4.78, 5) is 0. The molecule has 3 nitrogen and oxygen atoms in total. The van der Waals surface area contributed by atoms with Crippen molar-refractivity contribution in [2.24, 2.45) is 0 Å². The first-order valence-electron chi connectivity index (χ1n) is 4.31. The highest BCUT2D eigenvalue weighted by Gasteiger charge is 2.13. The molecule has 0 saturated heterocycles. The molecule has 0 aliphatic heterocycles. The van der Waals surface area contributed by atoms with Crippen LogP contribution in [0.25, 0.3) is 0 Å². The van der Waals surface area contributed by atoms with Gasteiger partial charge in [-0.05, 0) is 34.5 Å². The third kappa shape index (κ3) is 1.90. The Balaban J connectivity index is 3.37. The third-order valence-corrected chi connectivity index (χ3v) is 2.63. The van der Waals surface area contributed by atoms with Crippen molar-refractivity contribution in [3.05, 3.63) is 22.2 Å². The average molecular weight is 257 g/mol. The van der Waals surface area contributed by atoms with E-state index in [0.29, 0.717) is 29.1 Å². The molecule has 3 N–H and O–H groups in total. The fourth-order valence-electron chi connectivity index (χ4n) is 1.26. The molecular weight excluding hydrogens is 244 g/mol. The first kappa shape index (κ1) is 11.0. The average Bonchev–Trinajstić information content (AvgIpc) is 2.19. The van der Waals surface area contributed by atoms with Gasteiger partial charge in [-0.25, -0.2) is 0 Å². The smallest absolute Gasteiger partial charge is 0.144 e. The van der Waals surface area contributed by atoms with E-state index in [2.05, 4.69) is 15.9 Å². The van der Waals surface area contributed by atoms with Crippen molar-refractivity contribution in [1.29, 1.82) is 5.41 Å². The maximum absolute atomic E-state index is 7.78. The molecule has 1 aromatic rings. The van der Waals surface area contributed by atoms with Gasteiger partial charge in [-0.2, -0.15) is 0 Å². The molecule has 0 aromatic heterocycles. The lowest BCUT2D eigenvalue weighted by molar-refractivity contribution is 0.411. The summed E-state index contributed by atoms with van der Waals surface area (Å²) >= 11 is 3.36. The van der Waals surface area contributed by atoms with E-state index in [9.17, 15) is 0 Å². The summed E-state index contributed by atoms with van der Waals surface area (Å²) in [5.74, 6) is 0.636. The minimum absolute atomic E-state index is 0.487. The Labute approximate surface area is 91.9 Å². The van der Waals surface area contributed by atoms with Crippen molar-refractivity contribution in [2.75, 3.05) is 12.8 Å². The zero-order valence-corrected chi connectivity index (χ0v) is 9.81. The lowest BCUT2D eigenvalue weighted by Gasteiger charge is -2.12. The van der Waals surface area contributed by atoms with Gasteiger partial charge >= 0.3 is 0 Å². The molecule has 0 fully saturated rings. The van der Waals surface area contributed by atoms with Crippen LogP contribution in [0.15, 0.2) is 16.6 Å². The molecule has 0 atom stereocenters. The molecule has 0 unspecified atom stereocenters. The lowest BCUT2D eigenvalue weighted by atomic mass is 10.0. The Morgan fingerprint density at radius 1 is 1.57 bits per heavy atom. The number of ether oxygens (including phenoxy) is 1. The molecule has 0 heterocycles. The summed E-state index contributed by atoms with van der Waals surface area (Å²) in [6.45, 7) is 1.92. The first-order valence-corrected chi connectivity index (χ1v) is 5.10. The van der Waals surface area contributed by atoms with Gasteiger partial charge in [0.05, 0.1) is 17.1 Å². The van der Waals surface area contributed by atoms with Crippen LogP contribution in [0.1, 0.15) is 18.9 Å². The number of nitrogens with one attached hydrogen (secondary N) is 1. The number of anilines is 1. The van der Waals surface area contributed by atoms with Crippen LogP contribution in [0, 0.1) is 5.41 Å². The summed E-state index contributed by atoms with van der Waals surface area (Å²) < 4.78 is 6.03. The fraction of sp³-hybridized carbons (Fsp3) is 0.300. The van der Waals surface area contributed by atoms with Crippen LogP contribution in [0.3, 0.4) is 0 Å². The minimum Gasteiger partial charge on any atom is -0.495 e. The molecule has 0 amide bonds. The molecule has 0 aliphatic rings. The number of halogens is 1. The van der Waals surface area contributed by atoms with Crippen molar-refractivity contribution in [2.45, 2.75) is 13.3 Å². The van der Waals surface area contributed by atoms with Crippen molar-refractivity contribution in [1.82, 2.24) is 0 Å². The molecule has 4 heteroatoms. The maximum atomic E-state index is 7.78. The Hall–Kier alpha value is -1.03. The van der Waals surface area contributed by atoms with E-state index in [1.54, 1.807) is 13.2 Å². The monoisotopic (exact) mass is 256 g/mol. The Morgan fingerprint density at radius 2 is 2.21 bits per heavy atom.